The lowest BCUT2D eigenvalue weighted by molar-refractivity contribution is -0.140. The van der Waals surface area contributed by atoms with Gasteiger partial charge in [0, 0.05) is 28.2 Å². The maximum absolute atomic E-state index is 12.7. The van der Waals surface area contributed by atoms with E-state index in [1.54, 1.807) is 0 Å². The third-order valence-corrected chi connectivity index (χ3v) is 5.57. The Morgan fingerprint density at radius 2 is 0.792 bits per heavy atom. The minimum Gasteiger partial charge on any atom is -0.272 e. The Bertz CT molecular complexity index is 614. The molecule has 0 radical (unpaired) electrons. The molecule has 2 aliphatic rings. The van der Waals surface area contributed by atoms with E-state index in [1.807, 2.05) is 0 Å². The number of barbiturate groups is 2. The highest BCUT2D eigenvalue weighted by molar-refractivity contribution is 7.89. The molecule has 0 aliphatic carbocycles. The van der Waals surface area contributed by atoms with Gasteiger partial charge in [0.25, 0.3) is 23.6 Å². The molecule has 2 fully saturated rings. The number of hydrogen-bond acceptors (Lipinski definition) is 7. The molecule has 11 nitrogen and oxygen atoms in total. The minimum absolute atomic E-state index is 0.584. The van der Waals surface area contributed by atoms with Crippen LogP contribution in [0.4, 0.5) is 9.59 Å². The van der Waals surface area contributed by atoms with E-state index in [4.69, 9.17) is 0 Å². The van der Waals surface area contributed by atoms with Gasteiger partial charge in [-0.05, 0) is 0 Å². The van der Waals surface area contributed by atoms with Gasteiger partial charge in [-0.2, -0.15) is 0 Å². The second-order valence-corrected chi connectivity index (χ2v) is 6.84. The summed E-state index contributed by atoms with van der Waals surface area (Å²) >= 11 is 0. The number of urea groups is 2. The van der Waals surface area contributed by atoms with Gasteiger partial charge >= 0.3 is 12.1 Å². The Morgan fingerprint density at radius 1 is 0.583 bits per heavy atom. The largest absolute Gasteiger partial charge is 0.332 e. The van der Waals surface area contributed by atoms with Gasteiger partial charge in [-0.15, -0.1) is 0 Å². The van der Waals surface area contributed by atoms with Crippen molar-refractivity contribution in [3.63, 3.8) is 0 Å². The van der Waals surface area contributed by atoms with Gasteiger partial charge in [0.2, 0.25) is 0 Å². The maximum Gasteiger partial charge on any atom is 0.332 e. The van der Waals surface area contributed by atoms with Crippen molar-refractivity contribution in [3.05, 3.63) is 0 Å². The van der Waals surface area contributed by atoms with Crippen LogP contribution in [0.25, 0.3) is 0 Å². The highest BCUT2D eigenvalue weighted by Crippen LogP contribution is 2.21. The van der Waals surface area contributed by atoms with Crippen molar-refractivity contribution in [2.45, 2.75) is 10.5 Å². The van der Waals surface area contributed by atoms with Crippen LogP contribution in [0.3, 0.4) is 0 Å². The van der Waals surface area contributed by atoms with Crippen LogP contribution in [-0.4, -0.2) is 98.2 Å². The molecule has 0 bridgehead atoms. The number of imide groups is 4. The summed E-state index contributed by atoms with van der Waals surface area (Å²) < 4.78 is 12.7. The molecule has 2 saturated heterocycles. The summed E-state index contributed by atoms with van der Waals surface area (Å²) in [5, 5.41) is -3.77. The molecular weight excluding hydrogens is 344 g/mol. The average Bonchev–Trinajstić information content (AvgIpc) is 2.55. The van der Waals surface area contributed by atoms with Crippen LogP contribution in [0.2, 0.25) is 0 Å². The Labute approximate surface area is 138 Å². The predicted molar refractivity (Wildman–Crippen MR) is 77.6 cm³/mol. The second kappa shape index (κ2) is 5.78. The summed E-state index contributed by atoms with van der Waals surface area (Å²) in [6, 6.07) is -1.83. The van der Waals surface area contributed by atoms with Gasteiger partial charge in [0.05, 0.1) is 10.8 Å². The Kier molecular flexibility index (Phi) is 4.27. The fourth-order valence-corrected chi connectivity index (χ4v) is 3.97. The number of nitrogens with zero attached hydrogens (tertiary/aromatic N) is 4. The summed E-state index contributed by atoms with van der Waals surface area (Å²) in [7, 11) is 1.75. The molecule has 0 unspecified atom stereocenters. The van der Waals surface area contributed by atoms with Crippen LogP contribution < -0.4 is 0 Å². The zero-order valence-electron chi connectivity index (χ0n) is 13.2. The summed E-state index contributed by atoms with van der Waals surface area (Å²) in [5.74, 6) is -4.32. The molecule has 0 aromatic rings. The normalized spacial score (nSPS) is 21.7. The van der Waals surface area contributed by atoms with Gasteiger partial charge < -0.3 is 0 Å². The van der Waals surface area contributed by atoms with Crippen LogP contribution in [0.1, 0.15) is 0 Å². The molecular formula is C12H14N4O7S. The molecule has 0 N–H and O–H groups in total. The molecule has 130 valence electrons. The molecule has 12 heteroatoms. The summed E-state index contributed by atoms with van der Waals surface area (Å²) in [6.45, 7) is 0. The van der Waals surface area contributed by atoms with Crippen molar-refractivity contribution in [2.24, 2.45) is 0 Å². The summed E-state index contributed by atoms with van der Waals surface area (Å²) in [4.78, 5) is 74.4. The molecule has 0 aromatic heterocycles. The number of rotatable bonds is 2. The van der Waals surface area contributed by atoms with E-state index in [0.29, 0.717) is 19.6 Å². The van der Waals surface area contributed by atoms with Crippen molar-refractivity contribution in [3.8, 4) is 0 Å². The summed E-state index contributed by atoms with van der Waals surface area (Å²) in [5.41, 5.74) is 0. The molecule has 0 saturated carbocycles. The number of amides is 8. The van der Waals surface area contributed by atoms with Crippen LogP contribution >= 0.6 is 0 Å². The van der Waals surface area contributed by atoms with E-state index in [-0.39, 0.29) is 0 Å². The maximum atomic E-state index is 12.7. The summed E-state index contributed by atoms with van der Waals surface area (Å²) in [6.07, 6.45) is 0. The predicted octanol–water partition coefficient (Wildman–Crippen LogP) is -2.43. The van der Waals surface area contributed by atoms with Gasteiger partial charge in [0.15, 0.2) is 10.5 Å². The van der Waals surface area contributed by atoms with Crippen LogP contribution in [0.15, 0.2) is 0 Å². The van der Waals surface area contributed by atoms with Crippen molar-refractivity contribution in [1.82, 2.24) is 19.6 Å². The number of hydrogen-bond donors (Lipinski definition) is 0. The third kappa shape index (κ3) is 2.29. The van der Waals surface area contributed by atoms with Crippen LogP contribution in [0.5, 0.6) is 0 Å². The van der Waals surface area contributed by atoms with Gasteiger partial charge in [0.1, 0.15) is 0 Å². The molecule has 2 heterocycles. The first-order chi connectivity index (χ1) is 11.0. The van der Waals surface area contributed by atoms with Crippen molar-refractivity contribution in [2.75, 3.05) is 28.2 Å². The van der Waals surface area contributed by atoms with Gasteiger partial charge in [-0.3, -0.25) is 43.0 Å². The monoisotopic (exact) mass is 358 g/mol. The number of carbonyl (C=O) groups is 6. The van der Waals surface area contributed by atoms with Crippen molar-refractivity contribution in [1.29, 1.82) is 0 Å². The first-order valence-electron chi connectivity index (χ1n) is 6.60. The lowest BCUT2D eigenvalue weighted by atomic mass is 10.2. The molecule has 0 spiro atoms. The average molecular weight is 358 g/mol. The van der Waals surface area contributed by atoms with E-state index in [2.05, 4.69) is 0 Å². The van der Waals surface area contributed by atoms with E-state index in [9.17, 15) is 33.0 Å². The zero-order chi connectivity index (χ0) is 18.5. The minimum atomic E-state index is -2.60. The highest BCUT2D eigenvalue weighted by atomic mass is 32.2. The topological polar surface area (TPSA) is 132 Å². The lowest BCUT2D eigenvalue weighted by Gasteiger charge is -2.36. The molecule has 0 aromatic carbocycles. The van der Waals surface area contributed by atoms with Gasteiger partial charge in [-0.1, -0.05) is 0 Å². The molecule has 2 rings (SSSR count). The standard InChI is InChI=1S/C12H14N4O7S/c1-13-7(17)5(8(18)14(2)11(13)21)24(23)6-9(19)15(3)12(22)16(4)10(6)20/h5-6H,1-4H3. The quantitative estimate of drug-likeness (QED) is 0.501. The highest BCUT2D eigenvalue weighted by Gasteiger charge is 2.54. The fraction of sp³-hybridized carbons (Fsp3) is 0.500. The molecule has 8 amide bonds. The zero-order valence-corrected chi connectivity index (χ0v) is 14.0. The third-order valence-electron chi connectivity index (χ3n) is 3.83. The van der Waals surface area contributed by atoms with E-state index in [0.717, 1.165) is 28.2 Å². The van der Waals surface area contributed by atoms with E-state index in [1.165, 1.54) is 0 Å². The van der Waals surface area contributed by atoms with E-state index >= 15 is 0 Å². The van der Waals surface area contributed by atoms with E-state index < -0.39 is 57.0 Å². The smallest absolute Gasteiger partial charge is 0.272 e. The lowest BCUT2D eigenvalue weighted by Crippen LogP contribution is -2.66. The Balaban J connectivity index is 2.43. The van der Waals surface area contributed by atoms with Crippen LogP contribution in [-0.2, 0) is 30.0 Å². The molecule has 24 heavy (non-hydrogen) atoms. The number of carbonyl (C=O) groups excluding carboxylic acids is 6. The molecule has 2 aliphatic heterocycles. The fourth-order valence-electron chi connectivity index (χ4n) is 2.28. The Morgan fingerprint density at radius 3 is 1.00 bits per heavy atom. The van der Waals surface area contributed by atoms with Crippen LogP contribution in [0, 0.1) is 0 Å². The first kappa shape index (κ1) is 17.7. The SMILES string of the molecule is CN1C(=O)C(S(=O)C2C(=O)N(C)C(=O)N(C)C2=O)C(=O)N(C)C1=O. The van der Waals surface area contributed by atoms with Crippen molar-refractivity contribution < 1.29 is 33.0 Å². The Hall–Kier alpha value is -2.63. The first-order valence-corrected chi connectivity index (χ1v) is 7.87. The van der Waals surface area contributed by atoms with Crippen molar-refractivity contribution >= 4 is 46.5 Å². The van der Waals surface area contributed by atoms with Gasteiger partial charge in [-0.25, -0.2) is 9.59 Å². The second-order valence-electron chi connectivity index (χ2n) is 5.24. The molecule has 0 atom stereocenters.